The van der Waals surface area contributed by atoms with Crippen LogP contribution < -0.4 is 14.8 Å². The van der Waals surface area contributed by atoms with Gasteiger partial charge in [0.15, 0.2) is 11.5 Å². The van der Waals surface area contributed by atoms with Gasteiger partial charge in [-0.2, -0.15) is 0 Å². The van der Waals surface area contributed by atoms with Gasteiger partial charge in [-0.25, -0.2) is 0 Å². The van der Waals surface area contributed by atoms with Gasteiger partial charge in [-0.15, -0.1) is 0 Å². The molecule has 0 amide bonds. The summed E-state index contributed by atoms with van der Waals surface area (Å²) >= 11 is 0. The molecule has 1 saturated heterocycles. The number of nitrogens with zero attached hydrogens (tertiary/aromatic N) is 1. The fraction of sp³-hybridized carbons (Fsp3) is 0.625. The molecule has 20 heavy (non-hydrogen) atoms. The van der Waals surface area contributed by atoms with Crippen LogP contribution in [0.3, 0.4) is 0 Å². The summed E-state index contributed by atoms with van der Waals surface area (Å²) in [5, 5.41) is 3.62. The van der Waals surface area contributed by atoms with E-state index >= 15 is 0 Å². The highest BCUT2D eigenvalue weighted by Gasteiger charge is 2.15. The average Bonchev–Trinajstić information content (AvgIpc) is 2.66. The largest absolute Gasteiger partial charge is 0.493 e. The highest BCUT2D eigenvalue weighted by Crippen LogP contribution is 2.31. The summed E-state index contributed by atoms with van der Waals surface area (Å²) in [6, 6.07) is 6.62. The van der Waals surface area contributed by atoms with Gasteiger partial charge in [-0.1, -0.05) is 0 Å². The molecule has 1 unspecified atom stereocenters. The third-order valence-corrected chi connectivity index (χ3v) is 3.79. The van der Waals surface area contributed by atoms with Crippen molar-refractivity contribution in [2.24, 2.45) is 0 Å². The molecule has 1 aliphatic rings. The average molecular weight is 278 g/mol. The van der Waals surface area contributed by atoms with E-state index in [2.05, 4.69) is 23.3 Å². The minimum Gasteiger partial charge on any atom is -0.493 e. The van der Waals surface area contributed by atoms with Crippen molar-refractivity contribution in [2.45, 2.75) is 32.2 Å². The number of ether oxygens (including phenoxy) is 2. The fourth-order valence-corrected chi connectivity index (χ4v) is 2.65. The van der Waals surface area contributed by atoms with Crippen LogP contribution >= 0.6 is 0 Å². The first kappa shape index (κ1) is 15.0. The van der Waals surface area contributed by atoms with Gasteiger partial charge in [0.25, 0.3) is 0 Å². The monoisotopic (exact) mass is 278 g/mol. The Morgan fingerprint density at radius 1 is 1.25 bits per heavy atom. The molecule has 112 valence electrons. The van der Waals surface area contributed by atoms with E-state index in [9.17, 15) is 0 Å². The Labute approximate surface area is 122 Å². The van der Waals surface area contributed by atoms with Crippen molar-refractivity contribution in [1.29, 1.82) is 0 Å². The van der Waals surface area contributed by atoms with Crippen molar-refractivity contribution >= 4 is 5.69 Å². The molecular formula is C16H26N2O2. The molecular weight excluding hydrogens is 252 g/mol. The van der Waals surface area contributed by atoms with E-state index in [1.807, 2.05) is 19.1 Å². The molecule has 0 radical (unpaired) electrons. The first-order valence-corrected chi connectivity index (χ1v) is 7.49. The molecule has 1 atom stereocenters. The molecule has 2 rings (SSSR count). The molecule has 0 saturated carbocycles. The Kier molecular flexibility index (Phi) is 5.53. The van der Waals surface area contributed by atoms with Crippen molar-refractivity contribution in [3.8, 4) is 11.5 Å². The maximum atomic E-state index is 5.55. The van der Waals surface area contributed by atoms with Gasteiger partial charge in [-0.3, -0.25) is 0 Å². The first-order valence-electron chi connectivity index (χ1n) is 7.49. The lowest BCUT2D eigenvalue weighted by Gasteiger charge is -2.19. The van der Waals surface area contributed by atoms with Crippen LogP contribution in [-0.4, -0.2) is 44.8 Å². The predicted octanol–water partition coefficient (Wildman–Crippen LogP) is 2.99. The third-order valence-electron chi connectivity index (χ3n) is 3.79. The van der Waals surface area contributed by atoms with Crippen molar-refractivity contribution in [2.75, 3.05) is 39.2 Å². The number of benzene rings is 1. The molecule has 4 heteroatoms. The summed E-state index contributed by atoms with van der Waals surface area (Å²) in [7, 11) is 3.88. The lowest BCUT2D eigenvalue weighted by molar-refractivity contribution is 0.311. The summed E-state index contributed by atoms with van der Waals surface area (Å²) in [5.74, 6) is 1.60. The van der Waals surface area contributed by atoms with Crippen LogP contribution in [0.25, 0.3) is 0 Å². The van der Waals surface area contributed by atoms with Crippen molar-refractivity contribution in [3.05, 3.63) is 18.2 Å². The number of anilines is 1. The Balaban J connectivity index is 2.01. The lowest BCUT2D eigenvalue weighted by Crippen LogP contribution is -2.22. The summed E-state index contributed by atoms with van der Waals surface area (Å²) in [6.07, 6.45) is 3.66. The minimum absolute atomic E-state index is 0.544. The van der Waals surface area contributed by atoms with Gasteiger partial charge < -0.3 is 19.7 Å². The Hall–Kier alpha value is -1.42. The molecule has 1 aliphatic heterocycles. The summed E-state index contributed by atoms with van der Waals surface area (Å²) in [6.45, 7) is 4.99. The van der Waals surface area contributed by atoms with Gasteiger partial charge in [0.1, 0.15) is 0 Å². The van der Waals surface area contributed by atoms with Crippen molar-refractivity contribution in [3.63, 3.8) is 0 Å². The highest BCUT2D eigenvalue weighted by molar-refractivity contribution is 5.55. The SMILES string of the molecule is CCOc1ccc(NC2CCCN(C)CC2)cc1OC. The maximum Gasteiger partial charge on any atom is 0.162 e. The zero-order valence-electron chi connectivity index (χ0n) is 12.8. The number of nitrogens with one attached hydrogen (secondary N) is 1. The molecule has 1 N–H and O–H groups in total. The van der Waals surface area contributed by atoms with Crippen LogP contribution in [-0.2, 0) is 0 Å². The van der Waals surface area contributed by atoms with Gasteiger partial charge in [0, 0.05) is 17.8 Å². The molecule has 0 aromatic heterocycles. The van der Waals surface area contributed by atoms with Gasteiger partial charge >= 0.3 is 0 Å². The molecule has 4 nitrogen and oxygen atoms in total. The number of hydrogen-bond donors (Lipinski definition) is 1. The van der Waals surface area contributed by atoms with Crippen LogP contribution in [0, 0.1) is 0 Å². The van der Waals surface area contributed by atoms with E-state index in [0.717, 1.165) is 23.7 Å². The predicted molar refractivity (Wildman–Crippen MR) is 82.9 cm³/mol. The fourth-order valence-electron chi connectivity index (χ4n) is 2.65. The Morgan fingerprint density at radius 3 is 2.85 bits per heavy atom. The second-order valence-corrected chi connectivity index (χ2v) is 5.37. The third kappa shape index (κ3) is 4.04. The second kappa shape index (κ2) is 7.39. The van der Waals surface area contributed by atoms with E-state index in [4.69, 9.17) is 9.47 Å². The van der Waals surface area contributed by atoms with Crippen LogP contribution in [0.15, 0.2) is 18.2 Å². The first-order chi connectivity index (χ1) is 9.72. The van der Waals surface area contributed by atoms with Gasteiger partial charge in [0.2, 0.25) is 0 Å². The summed E-state index contributed by atoms with van der Waals surface area (Å²) in [5.41, 5.74) is 1.11. The van der Waals surface area contributed by atoms with Gasteiger partial charge in [0.05, 0.1) is 13.7 Å². The van der Waals surface area contributed by atoms with E-state index in [-0.39, 0.29) is 0 Å². The molecule has 0 aliphatic carbocycles. The number of likely N-dealkylation sites (tertiary alicyclic amines) is 1. The van der Waals surface area contributed by atoms with E-state index in [1.54, 1.807) is 7.11 Å². The van der Waals surface area contributed by atoms with Crippen LogP contribution in [0.2, 0.25) is 0 Å². The van der Waals surface area contributed by atoms with Crippen molar-refractivity contribution < 1.29 is 9.47 Å². The molecule has 0 bridgehead atoms. The molecule has 1 aromatic rings. The second-order valence-electron chi connectivity index (χ2n) is 5.37. The molecule has 1 heterocycles. The lowest BCUT2D eigenvalue weighted by atomic mass is 10.1. The number of hydrogen-bond acceptors (Lipinski definition) is 4. The highest BCUT2D eigenvalue weighted by atomic mass is 16.5. The molecule has 1 fully saturated rings. The zero-order chi connectivity index (χ0) is 14.4. The Morgan fingerprint density at radius 2 is 2.10 bits per heavy atom. The Bertz CT molecular complexity index is 423. The number of rotatable bonds is 5. The molecule has 0 spiro atoms. The van der Waals surface area contributed by atoms with E-state index < -0.39 is 0 Å². The van der Waals surface area contributed by atoms with Crippen LogP contribution in [0.5, 0.6) is 11.5 Å². The quantitative estimate of drug-likeness (QED) is 0.898. The number of methoxy groups -OCH3 is 1. The minimum atomic E-state index is 0.544. The smallest absolute Gasteiger partial charge is 0.162 e. The van der Waals surface area contributed by atoms with Crippen LogP contribution in [0.4, 0.5) is 5.69 Å². The zero-order valence-corrected chi connectivity index (χ0v) is 12.8. The summed E-state index contributed by atoms with van der Waals surface area (Å²) in [4.78, 5) is 2.40. The topological polar surface area (TPSA) is 33.7 Å². The van der Waals surface area contributed by atoms with Crippen molar-refractivity contribution in [1.82, 2.24) is 4.90 Å². The van der Waals surface area contributed by atoms with E-state index in [1.165, 1.54) is 25.8 Å². The van der Waals surface area contributed by atoms with E-state index in [0.29, 0.717) is 12.6 Å². The maximum absolute atomic E-state index is 5.55. The molecule has 1 aromatic carbocycles. The van der Waals surface area contributed by atoms with Crippen LogP contribution in [0.1, 0.15) is 26.2 Å². The normalized spacial score (nSPS) is 20.2. The van der Waals surface area contributed by atoms with Gasteiger partial charge in [-0.05, 0) is 58.5 Å². The summed E-state index contributed by atoms with van der Waals surface area (Å²) < 4.78 is 10.9. The standard InChI is InChI=1S/C16H26N2O2/c1-4-20-15-8-7-14(12-16(15)19-3)17-13-6-5-10-18(2)11-9-13/h7-8,12-13,17H,4-6,9-11H2,1-3H3.